The number of hydrogen-bond donors (Lipinski definition) is 0. The highest BCUT2D eigenvalue weighted by Crippen LogP contribution is 2.35. The first kappa shape index (κ1) is 16.1. The standard InChI is InChI=1S/C24H23N3/c1-2-26-17-23(22-12-7-14-25-24(22)26)27-15-13-21-19(16-27)10-6-11-20(21)18-8-4-3-5-9-18/h3-12,14,17H,2,13,15-16H2,1H3. The maximum absolute atomic E-state index is 4.60. The third kappa shape index (κ3) is 2.71. The molecule has 134 valence electrons. The minimum absolute atomic E-state index is 0.941. The van der Waals surface area contributed by atoms with E-state index in [2.05, 4.69) is 82.2 Å². The van der Waals surface area contributed by atoms with Gasteiger partial charge in [0.1, 0.15) is 5.65 Å². The van der Waals surface area contributed by atoms with Crippen molar-refractivity contribution in [2.24, 2.45) is 0 Å². The van der Waals surface area contributed by atoms with Crippen LogP contribution in [-0.2, 0) is 19.5 Å². The monoisotopic (exact) mass is 353 g/mol. The predicted octanol–water partition coefficient (Wildman–Crippen LogP) is 5.29. The van der Waals surface area contributed by atoms with Crippen molar-refractivity contribution in [1.29, 1.82) is 0 Å². The number of rotatable bonds is 3. The summed E-state index contributed by atoms with van der Waals surface area (Å²) in [6.07, 6.45) is 5.22. The molecule has 3 heterocycles. The van der Waals surface area contributed by atoms with Crippen molar-refractivity contribution >= 4 is 16.7 Å². The third-order valence-electron chi connectivity index (χ3n) is 5.64. The van der Waals surface area contributed by atoms with E-state index in [9.17, 15) is 0 Å². The number of anilines is 1. The Kier molecular flexibility index (Phi) is 3.93. The molecule has 0 atom stereocenters. The Morgan fingerprint density at radius 1 is 0.963 bits per heavy atom. The summed E-state index contributed by atoms with van der Waals surface area (Å²) in [5, 5.41) is 1.25. The number of aromatic nitrogens is 2. The maximum atomic E-state index is 4.60. The van der Waals surface area contributed by atoms with E-state index in [0.717, 1.165) is 31.7 Å². The predicted molar refractivity (Wildman–Crippen MR) is 112 cm³/mol. The van der Waals surface area contributed by atoms with E-state index in [1.807, 2.05) is 12.3 Å². The fourth-order valence-corrected chi connectivity index (χ4v) is 4.30. The Morgan fingerprint density at radius 3 is 2.70 bits per heavy atom. The molecule has 2 aromatic heterocycles. The van der Waals surface area contributed by atoms with Gasteiger partial charge in [0.05, 0.1) is 5.69 Å². The van der Waals surface area contributed by atoms with Gasteiger partial charge in [0.15, 0.2) is 0 Å². The summed E-state index contributed by atoms with van der Waals surface area (Å²) in [5.41, 5.74) is 8.01. The van der Waals surface area contributed by atoms with E-state index in [-0.39, 0.29) is 0 Å². The zero-order valence-electron chi connectivity index (χ0n) is 15.6. The molecule has 0 amide bonds. The molecule has 0 saturated carbocycles. The summed E-state index contributed by atoms with van der Waals surface area (Å²) in [5.74, 6) is 0. The van der Waals surface area contributed by atoms with Crippen LogP contribution in [0, 0.1) is 0 Å². The summed E-state index contributed by atoms with van der Waals surface area (Å²) < 4.78 is 2.25. The third-order valence-corrected chi connectivity index (χ3v) is 5.64. The van der Waals surface area contributed by atoms with Crippen LogP contribution in [0.2, 0.25) is 0 Å². The molecule has 3 heteroatoms. The van der Waals surface area contributed by atoms with Gasteiger partial charge in [-0.05, 0) is 47.7 Å². The van der Waals surface area contributed by atoms with Gasteiger partial charge in [0, 0.05) is 37.4 Å². The normalized spacial score (nSPS) is 13.7. The molecule has 27 heavy (non-hydrogen) atoms. The molecule has 2 aromatic carbocycles. The van der Waals surface area contributed by atoms with E-state index >= 15 is 0 Å². The highest BCUT2D eigenvalue weighted by atomic mass is 15.2. The molecule has 0 spiro atoms. The molecule has 0 aliphatic carbocycles. The van der Waals surface area contributed by atoms with Crippen LogP contribution in [0.25, 0.3) is 22.2 Å². The van der Waals surface area contributed by atoms with Gasteiger partial charge in [0.25, 0.3) is 0 Å². The second kappa shape index (κ2) is 6.58. The number of hydrogen-bond acceptors (Lipinski definition) is 2. The van der Waals surface area contributed by atoms with Crippen LogP contribution in [0.1, 0.15) is 18.1 Å². The minimum atomic E-state index is 0.941. The molecule has 5 rings (SSSR count). The van der Waals surface area contributed by atoms with Crippen molar-refractivity contribution in [3.05, 3.63) is 84.2 Å². The van der Waals surface area contributed by atoms with Crippen molar-refractivity contribution < 1.29 is 0 Å². The van der Waals surface area contributed by atoms with Crippen LogP contribution in [-0.4, -0.2) is 16.1 Å². The summed E-state index contributed by atoms with van der Waals surface area (Å²) in [6.45, 7) is 5.11. The first-order valence-electron chi connectivity index (χ1n) is 9.70. The van der Waals surface area contributed by atoms with Crippen LogP contribution < -0.4 is 4.90 Å². The van der Waals surface area contributed by atoms with Crippen LogP contribution >= 0.6 is 0 Å². The second-order valence-corrected chi connectivity index (χ2v) is 7.16. The van der Waals surface area contributed by atoms with E-state index in [1.165, 1.54) is 33.3 Å². The molecule has 0 saturated heterocycles. The Hall–Kier alpha value is -3.07. The molecule has 0 unspecified atom stereocenters. The first-order valence-corrected chi connectivity index (χ1v) is 9.70. The summed E-state index contributed by atoms with van der Waals surface area (Å²) >= 11 is 0. The van der Waals surface area contributed by atoms with Gasteiger partial charge in [-0.1, -0.05) is 48.5 Å². The van der Waals surface area contributed by atoms with Gasteiger partial charge < -0.3 is 9.47 Å². The van der Waals surface area contributed by atoms with Crippen LogP contribution in [0.3, 0.4) is 0 Å². The van der Waals surface area contributed by atoms with Crippen molar-refractivity contribution in [2.45, 2.75) is 26.4 Å². The molecule has 0 fully saturated rings. The van der Waals surface area contributed by atoms with Gasteiger partial charge in [-0.25, -0.2) is 4.98 Å². The lowest BCUT2D eigenvalue weighted by molar-refractivity contribution is 0.728. The summed E-state index contributed by atoms with van der Waals surface area (Å²) in [4.78, 5) is 7.11. The summed E-state index contributed by atoms with van der Waals surface area (Å²) in [7, 11) is 0. The van der Waals surface area contributed by atoms with Crippen LogP contribution in [0.15, 0.2) is 73.1 Å². The second-order valence-electron chi connectivity index (χ2n) is 7.16. The van der Waals surface area contributed by atoms with Gasteiger partial charge in [-0.15, -0.1) is 0 Å². The topological polar surface area (TPSA) is 21.1 Å². The number of fused-ring (bicyclic) bond motifs is 2. The lowest BCUT2D eigenvalue weighted by Crippen LogP contribution is -2.30. The smallest absolute Gasteiger partial charge is 0.141 e. The molecule has 0 N–H and O–H groups in total. The van der Waals surface area contributed by atoms with E-state index in [1.54, 1.807) is 0 Å². The fraction of sp³-hybridized carbons (Fsp3) is 0.208. The van der Waals surface area contributed by atoms with Crippen molar-refractivity contribution in [3.63, 3.8) is 0 Å². The van der Waals surface area contributed by atoms with E-state index < -0.39 is 0 Å². The lowest BCUT2D eigenvalue weighted by Gasteiger charge is -2.31. The SMILES string of the molecule is CCn1cc(N2CCc3c(cccc3-c3ccccc3)C2)c2cccnc21. The van der Waals surface area contributed by atoms with Crippen LogP contribution in [0.4, 0.5) is 5.69 Å². The number of aryl methyl sites for hydroxylation is 1. The molecule has 0 bridgehead atoms. The van der Waals surface area contributed by atoms with Gasteiger partial charge >= 0.3 is 0 Å². The average Bonchev–Trinajstić information content (AvgIpc) is 3.12. The molecule has 1 aliphatic heterocycles. The van der Waals surface area contributed by atoms with Gasteiger partial charge in [-0.2, -0.15) is 0 Å². The minimum Gasteiger partial charge on any atom is -0.365 e. The molecular formula is C24H23N3. The number of nitrogens with zero attached hydrogens (tertiary/aromatic N) is 3. The number of benzene rings is 2. The van der Waals surface area contributed by atoms with Gasteiger partial charge in [-0.3, -0.25) is 0 Å². The average molecular weight is 353 g/mol. The Morgan fingerprint density at radius 2 is 1.85 bits per heavy atom. The maximum Gasteiger partial charge on any atom is 0.141 e. The van der Waals surface area contributed by atoms with Crippen molar-refractivity contribution in [2.75, 3.05) is 11.4 Å². The number of pyridine rings is 1. The molecule has 4 aromatic rings. The highest BCUT2D eigenvalue weighted by Gasteiger charge is 2.22. The Bertz CT molecular complexity index is 1100. The summed E-state index contributed by atoms with van der Waals surface area (Å²) in [6, 6.07) is 21.7. The van der Waals surface area contributed by atoms with Gasteiger partial charge in [0.2, 0.25) is 0 Å². The fourth-order valence-electron chi connectivity index (χ4n) is 4.30. The first-order chi connectivity index (χ1) is 13.3. The Labute approximate surface area is 159 Å². The zero-order chi connectivity index (χ0) is 18.2. The van der Waals surface area contributed by atoms with Crippen LogP contribution in [0.5, 0.6) is 0 Å². The Balaban J connectivity index is 1.55. The molecule has 1 aliphatic rings. The zero-order valence-corrected chi connectivity index (χ0v) is 15.6. The van der Waals surface area contributed by atoms with E-state index in [0.29, 0.717) is 0 Å². The highest BCUT2D eigenvalue weighted by molar-refractivity contribution is 5.91. The molecular weight excluding hydrogens is 330 g/mol. The molecule has 0 radical (unpaired) electrons. The quantitative estimate of drug-likeness (QED) is 0.499. The lowest BCUT2D eigenvalue weighted by atomic mass is 9.90. The molecule has 3 nitrogen and oxygen atoms in total. The largest absolute Gasteiger partial charge is 0.365 e. The van der Waals surface area contributed by atoms with Crippen molar-refractivity contribution in [1.82, 2.24) is 9.55 Å². The van der Waals surface area contributed by atoms with Crippen molar-refractivity contribution in [3.8, 4) is 11.1 Å². The van der Waals surface area contributed by atoms with E-state index in [4.69, 9.17) is 0 Å².